The molecule has 3 heterocycles. The number of benzene rings is 1. The standard InChI is InChI=1S/C18H19NO4/c1-3-11-4-6-12(7-5-11)19-10-18-9-8-13(23-18)14(17(21)22-2)15(18)16(19)20/h4-9,13-15H,3,10H2,1-2H3/t13-,14-,15-,18-/m1/s1. The molecule has 1 spiro atoms. The van der Waals surface area contributed by atoms with Crippen LogP contribution in [0.5, 0.6) is 0 Å². The molecule has 4 rings (SSSR count). The highest BCUT2D eigenvalue weighted by molar-refractivity contribution is 6.02. The van der Waals surface area contributed by atoms with Crippen molar-refractivity contribution in [3.63, 3.8) is 0 Å². The first-order chi connectivity index (χ1) is 11.1. The van der Waals surface area contributed by atoms with Gasteiger partial charge in [0, 0.05) is 5.69 Å². The Balaban J connectivity index is 1.68. The summed E-state index contributed by atoms with van der Waals surface area (Å²) in [6.45, 7) is 2.54. The van der Waals surface area contributed by atoms with Crippen LogP contribution in [0.2, 0.25) is 0 Å². The van der Waals surface area contributed by atoms with E-state index in [0.717, 1.165) is 12.1 Å². The van der Waals surface area contributed by atoms with Crippen LogP contribution in [-0.4, -0.2) is 37.2 Å². The highest BCUT2D eigenvalue weighted by atomic mass is 16.5. The van der Waals surface area contributed by atoms with Gasteiger partial charge in [0.2, 0.25) is 5.91 Å². The van der Waals surface area contributed by atoms with Crippen molar-refractivity contribution in [1.29, 1.82) is 0 Å². The smallest absolute Gasteiger partial charge is 0.312 e. The molecule has 4 atom stereocenters. The van der Waals surface area contributed by atoms with Crippen molar-refractivity contribution < 1.29 is 19.1 Å². The van der Waals surface area contributed by atoms with Gasteiger partial charge in [0.25, 0.3) is 0 Å². The van der Waals surface area contributed by atoms with E-state index in [2.05, 4.69) is 6.92 Å². The van der Waals surface area contributed by atoms with Gasteiger partial charge in [-0.15, -0.1) is 0 Å². The molecule has 2 fully saturated rings. The first kappa shape index (κ1) is 14.5. The van der Waals surface area contributed by atoms with Crippen molar-refractivity contribution in [2.45, 2.75) is 25.0 Å². The summed E-state index contributed by atoms with van der Waals surface area (Å²) in [5.74, 6) is -1.47. The van der Waals surface area contributed by atoms with Crippen molar-refractivity contribution in [2.24, 2.45) is 11.8 Å². The number of fused-ring (bicyclic) bond motifs is 1. The predicted molar refractivity (Wildman–Crippen MR) is 83.9 cm³/mol. The number of esters is 1. The normalized spacial score (nSPS) is 34.1. The Kier molecular flexibility index (Phi) is 3.10. The molecule has 0 aromatic heterocycles. The lowest BCUT2D eigenvalue weighted by atomic mass is 9.77. The molecule has 0 aliphatic carbocycles. The Hall–Kier alpha value is -2.14. The van der Waals surface area contributed by atoms with Crippen LogP contribution in [-0.2, 0) is 25.5 Å². The van der Waals surface area contributed by atoms with Crippen molar-refractivity contribution >= 4 is 17.6 Å². The third-order valence-electron chi connectivity index (χ3n) is 5.23. The van der Waals surface area contributed by atoms with Crippen LogP contribution >= 0.6 is 0 Å². The van der Waals surface area contributed by atoms with Crippen LogP contribution in [0.25, 0.3) is 0 Å². The highest BCUT2D eigenvalue weighted by Gasteiger charge is 2.67. The van der Waals surface area contributed by atoms with E-state index < -0.39 is 17.4 Å². The maximum Gasteiger partial charge on any atom is 0.312 e. The number of amides is 1. The zero-order valence-electron chi connectivity index (χ0n) is 13.2. The Morgan fingerprint density at radius 2 is 2.13 bits per heavy atom. The van der Waals surface area contributed by atoms with Crippen molar-refractivity contribution in [3.8, 4) is 0 Å². The summed E-state index contributed by atoms with van der Waals surface area (Å²) in [6, 6.07) is 7.97. The second kappa shape index (κ2) is 4.93. The van der Waals surface area contributed by atoms with Gasteiger partial charge < -0.3 is 14.4 Å². The predicted octanol–water partition coefficient (Wildman–Crippen LogP) is 1.71. The zero-order chi connectivity index (χ0) is 16.2. The molecular formula is C18H19NO4. The fraction of sp³-hybridized carbons (Fsp3) is 0.444. The average molecular weight is 313 g/mol. The van der Waals surface area contributed by atoms with E-state index in [1.54, 1.807) is 4.90 Å². The van der Waals surface area contributed by atoms with Crippen molar-refractivity contribution in [1.82, 2.24) is 0 Å². The topological polar surface area (TPSA) is 55.8 Å². The first-order valence-electron chi connectivity index (χ1n) is 7.95. The van der Waals surface area contributed by atoms with Crippen LogP contribution < -0.4 is 4.90 Å². The lowest BCUT2D eigenvalue weighted by molar-refractivity contribution is -0.149. The molecule has 3 aliphatic heterocycles. The minimum Gasteiger partial charge on any atom is -0.469 e. The third-order valence-corrected chi connectivity index (χ3v) is 5.23. The van der Waals surface area contributed by atoms with E-state index in [0.29, 0.717) is 6.54 Å². The summed E-state index contributed by atoms with van der Waals surface area (Å²) in [7, 11) is 1.35. The Labute approximate surface area is 134 Å². The number of nitrogens with zero attached hydrogens (tertiary/aromatic N) is 1. The molecule has 1 aromatic carbocycles. The number of carbonyl (C=O) groups is 2. The molecule has 3 aliphatic rings. The number of anilines is 1. The molecule has 0 unspecified atom stereocenters. The van der Waals surface area contributed by atoms with E-state index in [1.807, 2.05) is 36.4 Å². The van der Waals surface area contributed by atoms with Gasteiger partial charge in [-0.05, 0) is 24.1 Å². The first-order valence-corrected chi connectivity index (χ1v) is 7.95. The number of methoxy groups -OCH3 is 1. The lowest BCUT2D eigenvalue weighted by Crippen LogP contribution is -2.39. The molecule has 0 saturated carbocycles. The number of ether oxygens (including phenoxy) is 2. The number of hydrogen-bond acceptors (Lipinski definition) is 4. The molecule has 120 valence electrons. The summed E-state index contributed by atoms with van der Waals surface area (Å²) < 4.78 is 10.9. The van der Waals surface area contributed by atoms with Gasteiger partial charge in [0.05, 0.1) is 25.7 Å². The van der Waals surface area contributed by atoms with Crippen LogP contribution in [0, 0.1) is 11.8 Å². The number of carbonyl (C=O) groups excluding carboxylic acids is 2. The summed E-state index contributed by atoms with van der Waals surface area (Å²) >= 11 is 0. The molecule has 2 saturated heterocycles. The molecule has 0 N–H and O–H groups in total. The summed E-state index contributed by atoms with van der Waals surface area (Å²) in [5.41, 5.74) is 1.38. The lowest BCUT2D eigenvalue weighted by Gasteiger charge is -2.22. The second-order valence-electron chi connectivity index (χ2n) is 6.37. The van der Waals surface area contributed by atoms with Gasteiger partial charge in [0.1, 0.15) is 11.5 Å². The molecular weight excluding hydrogens is 294 g/mol. The second-order valence-corrected chi connectivity index (χ2v) is 6.37. The van der Waals surface area contributed by atoms with Gasteiger partial charge in [-0.2, -0.15) is 0 Å². The average Bonchev–Trinajstić information content (AvgIpc) is 3.22. The SMILES string of the molecule is CCc1ccc(N2C[C@@]34C=C[C@@H](O3)[C@@H](C(=O)OC)[C@@H]4C2=O)cc1. The van der Waals surface area contributed by atoms with Crippen LogP contribution in [0.15, 0.2) is 36.4 Å². The minimum absolute atomic E-state index is 0.0588. The summed E-state index contributed by atoms with van der Waals surface area (Å²) in [4.78, 5) is 26.8. The number of aryl methyl sites for hydroxylation is 1. The zero-order valence-corrected chi connectivity index (χ0v) is 13.2. The molecule has 1 amide bonds. The quantitative estimate of drug-likeness (QED) is 0.630. The molecule has 1 aromatic rings. The minimum atomic E-state index is -0.690. The van der Waals surface area contributed by atoms with Gasteiger partial charge in [0.15, 0.2) is 0 Å². The Morgan fingerprint density at radius 3 is 2.78 bits per heavy atom. The Morgan fingerprint density at radius 1 is 1.39 bits per heavy atom. The maximum atomic E-state index is 13.0. The van der Waals surface area contributed by atoms with Crippen LogP contribution in [0.4, 0.5) is 5.69 Å². The number of hydrogen-bond donors (Lipinski definition) is 0. The fourth-order valence-corrected chi connectivity index (χ4v) is 4.03. The largest absolute Gasteiger partial charge is 0.469 e. The van der Waals surface area contributed by atoms with E-state index in [9.17, 15) is 9.59 Å². The fourth-order valence-electron chi connectivity index (χ4n) is 4.03. The van der Waals surface area contributed by atoms with Gasteiger partial charge in [-0.1, -0.05) is 31.2 Å². The maximum absolute atomic E-state index is 13.0. The van der Waals surface area contributed by atoms with Crippen LogP contribution in [0.1, 0.15) is 12.5 Å². The number of rotatable bonds is 3. The molecule has 5 heteroatoms. The summed E-state index contributed by atoms with van der Waals surface area (Å²) in [5, 5.41) is 0. The van der Waals surface area contributed by atoms with Gasteiger partial charge in [-0.3, -0.25) is 9.59 Å². The van der Waals surface area contributed by atoms with E-state index in [-0.39, 0.29) is 18.0 Å². The Bertz CT molecular complexity index is 695. The van der Waals surface area contributed by atoms with E-state index in [1.165, 1.54) is 12.7 Å². The molecule has 2 bridgehead atoms. The summed E-state index contributed by atoms with van der Waals surface area (Å²) in [6.07, 6.45) is 4.44. The van der Waals surface area contributed by atoms with Crippen molar-refractivity contribution in [2.75, 3.05) is 18.6 Å². The molecule has 23 heavy (non-hydrogen) atoms. The van der Waals surface area contributed by atoms with E-state index in [4.69, 9.17) is 9.47 Å². The molecule has 5 nitrogen and oxygen atoms in total. The molecule has 0 radical (unpaired) electrons. The highest BCUT2D eigenvalue weighted by Crippen LogP contribution is 2.52. The van der Waals surface area contributed by atoms with Gasteiger partial charge >= 0.3 is 5.97 Å². The monoisotopic (exact) mass is 313 g/mol. The van der Waals surface area contributed by atoms with Crippen molar-refractivity contribution in [3.05, 3.63) is 42.0 Å². The van der Waals surface area contributed by atoms with Crippen LogP contribution in [0.3, 0.4) is 0 Å². The van der Waals surface area contributed by atoms with Gasteiger partial charge in [-0.25, -0.2) is 0 Å². The third kappa shape index (κ3) is 1.89. The van der Waals surface area contributed by atoms with E-state index >= 15 is 0 Å².